The zero-order valence-corrected chi connectivity index (χ0v) is 11.3. The Balaban J connectivity index is 2.17. The van der Waals surface area contributed by atoms with Gasteiger partial charge in [-0.15, -0.1) is 0 Å². The third-order valence-corrected chi connectivity index (χ3v) is 3.74. The number of nitrogen functional groups attached to an aromatic ring is 1. The van der Waals surface area contributed by atoms with Crippen LogP contribution in [0.3, 0.4) is 0 Å². The van der Waals surface area contributed by atoms with Gasteiger partial charge in [0.05, 0.1) is 5.69 Å². The van der Waals surface area contributed by atoms with Crippen molar-refractivity contribution in [3.05, 3.63) is 39.5 Å². The zero-order chi connectivity index (χ0) is 12.7. The molecule has 1 aromatic heterocycles. The molecule has 0 atom stereocenters. The van der Waals surface area contributed by atoms with Crippen molar-refractivity contribution < 1.29 is 0 Å². The molecule has 3 nitrogen and oxygen atoms in total. The van der Waals surface area contributed by atoms with Gasteiger partial charge >= 0.3 is 0 Å². The maximum Gasteiger partial charge on any atom is 0.149 e. The summed E-state index contributed by atoms with van der Waals surface area (Å²) in [6, 6.07) is 5.43. The summed E-state index contributed by atoms with van der Waals surface area (Å²) in [4.78, 5) is 0. The van der Waals surface area contributed by atoms with E-state index in [1.54, 1.807) is 6.07 Å². The third-order valence-electron chi connectivity index (χ3n) is 3.30. The highest BCUT2D eigenvalue weighted by Gasteiger charge is 2.20. The summed E-state index contributed by atoms with van der Waals surface area (Å²) in [5, 5.41) is 5.64. The fourth-order valence-corrected chi connectivity index (χ4v) is 3.02. The first-order valence-electron chi connectivity index (χ1n) is 5.98. The number of hydrogen-bond donors (Lipinski definition) is 1. The fourth-order valence-electron chi connectivity index (χ4n) is 2.50. The van der Waals surface area contributed by atoms with Crippen LogP contribution >= 0.6 is 23.2 Å². The van der Waals surface area contributed by atoms with E-state index in [4.69, 9.17) is 28.9 Å². The Kier molecular flexibility index (Phi) is 2.96. The van der Waals surface area contributed by atoms with Gasteiger partial charge in [0.1, 0.15) is 5.82 Å². The van der Waals surface area contributed by atoms with Crippen molar-refractivity contribution in [3.63, 3.8) is 0 Å². The van der Waals surface area contributed by atoms with E-state index in [-0.39, 0.29) is 0 Å². The predicted molar refractivity (Wildman–Crippen MR) is 74.6 cm³/mol. The highest BCUT2D eigenvalue weighted by molar-refractivity contribution is 6.34. The average Bonchev–Trinajstić information content (AvgIpc) is 2.66. The number of benzene rings is 1. The van der Waals surface area contributed by atoms with E-state index >= 15 is 0 Å². The summed E-state index contributed by atoms with van der Waals surface area (Å²) in [7, 11) is 0. The molecule has 1 aromatic carbocycles. The number of nitrogens with zero attached hydrogens (tertiary/aromatic N) is 2. The molecule has 1 heterocycles. The SMILES string of the molecule is Nc1nn(-c2cc(Cl)cc(Cl)c2)c2c1CCCC2. The first-order chi connectivity index (χ1) is 8.65. The molecular weight excluding hydrogens is 269 g/mol. The van der Waals surface area contributed by atoms with E-state index in [1.807, 2.05) is 16.8 Å². The number of fused-ring (bicyclic) bond motifs is 1. The predicted octanol–water partition coefficient (Wildman–Crippen LogP) is 3.64. The van der Waals surface area contributed by atoms with Gasteiger partial charge in [0.25, 0.3) is 0 Å². The second-order valence-corrected chi connectivity index (χ2v) is 5.43. The van der Waals surface area contributed by atoms with Crippen LogP contribution in [0.2, 0.25) is 10.0 Å². The number of nitrogens with two attached hydrogens (primary N) is 1. The van der Waals surface area contributed by atoms with Crippen molar-refractivity contribution in [1.29, 1.82) is 0 Å². The molecule has 0 radical (unpaired) electrons. The minimum atomic E-state index is 0.608. The van der Waals surface area contributed by atoms with Crippen LogP contribution in [0.15, 0.2) is 18.2 Å². The lowest BCUT2D eigenvalue weighted by molar-refractivity contribution is 0.653. The molecule has 0 saturated carbocycles. The second-order valence-electron chi connectivity index (χ2n) is 4.56. The van der Waals surface area contributed by atoms with Crippen LogP contribution in [-0.4, -0.2) is 9.78 Å². The number of hydrogen-bond acceptors (Lipinski definition) is 2. The smallest absolute Gasteiger partial charge is 0.149 e. The van der Waals surface area contributed by atoms with Crippen LogP contribution in [0.4, 0.5) is 5.82 Å². The molecule has 2 N–H and O–H groups in total. The van der Waals surface area contributed by atoms with Crippen LogP contribution in [0, 0.1) is 0 Å². The largest absolute Gasteiger partial charge is 0.382 e. The van der Waals surface area contributed by atoms with Gasteiger partial charge in [-0.2, -0.15) is 5.10 Å². The van der Waals surface area contributed by atoms with Crippen LogP contribution in [0.1, 0.15) is 24.1 Å². The van der Waals surface area contributed by atoms with Gasteiger partial charge in [-0.25, -0.2) is 4.68 Å². The Bertz CT molecular complexity index is 584. The molecule has 0 fully saturated rings. The number of halogens is 2. The van der Waals surface area contributed by atoms with Gasteiger partial charge in [-0.05, 0) is 43.9 Å². The zero-order valence-electron chi connectivity index (χ0n) is 9.79. The quantitative estimate of drug-likeness (QED) is 0.867. The highest BCUT2D eigenvalue weighted by Crippen LogP contribution is 2.30. The molecule has 0 amide bonds. The minimum absolute atomic E-state index is 0.608. The lowest BCUT2D eigenvalue weighted by Gasteiger charge is -2.14. The summed E-state index contributed by atoms with van der Waals surface area (Å²) in [6.07, 6.45) is 4.37. The van der Waals surface area contributed by atoms with Gasteiger partial charge in [0, 0.05) is 21.3 Å². The van der Waals surface area contributed by atoms with Crippen LogP contribution in [0.5, 0.6) is 0 Å². The molecule has 0 bridgehead atoms. The molecule has 0 aliphatic heterocycles. The van der Waals surface area contributed by atoms with Crippen molar-refractivity contribution in [1.82, 2.24) is 9.78 Å². The van der Waals surface area contributed by atoms with Gasteiger partial charge in [0.2, 0.25) is 0 Å². The lowest BCUT2D eigenvalue weighted by atomic mass is 9.97. The van der Waals surface area contributed by atoms with Crippen LogP contribution in [-0.2, 0) is 12.8 Å². The van der Waals surface area contributed by atoms with Crippen molar-refractivity contribution in [3.8, 4) is 5.69 Å². The third kappa shape index (κ3) is 1.98. The minimum Gasteiger partial charge on any atom is -0.382 e. The van der Waals surface area contributed by atoms with Crippen LogP contribution in [0.25, 0.3) is 5.69 Å². The maximum absolute atomic E-state index is 6.03. The van der Waals surface area contributed by atoms with Crippen molar-refractivity contribution in [2.75, 3.05) is 5.73 Å². The van der Waals surface area contributed by atoms with Crippen molar-refractivity contribution in [2.24, 2.45) is 0 Å². The Labute approximate surface area is 115 Å². The molecule has 18 heavy (non-hydrogen) atoms. The number of rotatable bonds is 1. The van der Waals surface area contributed by atoms with Crippen molar-refractivity contribution in [2.45, 2.75) is 25.7 Å². The first-order valence-corrected chi connectivity index (χ1v) is 6.73. The fraction of sp³-hybridized carbons (Fsp3) is 0.308. The monoisotopic (exact) mass is 281 g/mol. The lowest BCUT2D eigenvalue weighted by Crippen LogP contribution is -2.07. The molecule has 3 rings (SSSR count). The molecule has 1 aliphatic rings. The van der Waals surface area contributed by atoms with E-state index in [9.17, 15) is 0 Å². The number of aromatic nitrogens is 2. The van der Waals surface area contributed by atoms with E-state index in [1.165, 1.54) is 24.1 Å². The molecule has 0 saturated heterocycles. The Morgan fingerprint density at radius 2 is 1.72 bits per heavy atom. The second kappa shape index (κ2) is 4.48. The Hall–Kier alpha value is -1.19. The summed E-state index contributed by atoms with van der Waals surface area (Å²) >= 11 is 12.1. The normalized spacial score (nSPS) is 14.6. The summed E-state index contributed by atoms with van der Waals surface area (Å²) < 4.78 is 1.88. The van der Waals surface area contributed by atoms with Crippen LogP contribution < -0.4 is 5.73 Å². The average molecular weight is 282 g/mol. The Morgan fingerprint density at radius 1 is 1.06 bits per heavy atom. The van der Waals surface area contributed by atoms with E-state index < -0.39 is 0 Å². The molecule has 0 spiro atoms. The summed E-state index contributed by atoms with van der Waals surface area (Å²) in [5.41, 5.74) is 9.22. The molecule has 94 valence electrons. The van der Waals surface area contributed by atoms with Gasteiger partial charge in [0.15, 0.2) is 0 Å². The van der Waals surface area contributed by atoms with Gasteiger partial charge in [-0.1, -0.05) is 23.2 Å². The van der Waals surface area contributed by atoms with Gasteiger partial charge < -0.3 is 5.73 Å². The molecule has 5 heteroatoms. The Morgan fingerprint density at radius 3 is 2.44 bits per heavy atom. The van der Waals surface area contributed by atoms with Crippen molar-refractivity contribution >= 4 is 29.0 Å². The van der Waals surface area contributed by atoms with Gasteiger partial charge in [-0.3, -0.25) is 0 Å². The highest BCUT2D eigenvalue weighted by atomic mass is 35.5. The molecular formula is C13H13Cl2N3. The molecule has 2 aromatic rings. The topological polar surface area (TPSA) is 43.8 Å². The summed E-state index contributed by atoms with van der Waals surface area (Å²) in [5.74, 6) is 0.626. The first kappa shape index (κ1) is 11.9. The summed E-state index contributed by atoms with van der Waals surface area (Å²) in [6.45, 7) is 0. The standard InChI is InChI=1S/C13H13Cl2N3/c14-8-5-9(15)7-10(6-8)18-12-4-2-1-3-11(12)13(16)17-18/h5-7H,1-4H2,(H2,16,17). The molecule has 1 aliphatic carbocycles. The van der Waals surface area contributed by atoms with E-state index in [0.717, 1.165) is 18.5 Å². The maximum atomic E-state index is 6.03. The molecule has 0 unspecified atom stereocenters. The van der Waals surface area contributed by atoms with E-state index in [2.05, 4.69) is 5.10 Å². The van der Waals surface area contributed by atoms with E-state index in [0.29, 0.717) is 15.9 Å². The number of anilines is 1.